The fourth-order valence-corrected chi connectivity index (χ4v) is 2.00. The first kappa shape index (κ1) is 12.7. The summed E-state index contributed by atoms with van der Waals surface area (Å²) >= 11 is 1.45. The average molecular weight is 242 g/mol. The van der Waals surface area contributed by atoms with Crippen LogP contribution < -0.4 is 0 Å². The zero-order chi connectivity index (χ0) is 12.0. The highest BCUT2D eigenvalue weighted by atomic mass is 32.1. The molecule has 0 N–H and O–H groups in total. The van der Waals surface area contributed by atoms with Gasteiger partial charge in [0.25, 0.3) is 0 Å². The molecule has 1 rings (SSSR count). The highest BCUT2D eigenvalue weighted by Gasteiger charge is 2.20. The highest BCUT2D eigenvalue weighted by Crippen LogP contribution is 2.26. The van der Waals surface area contributed by atoms with Crippen LogP contribution in [0.1, 0.15) is 31.2 Å². The van der Waals surface area contributed by atoms with E-state index in [4.69, 9.17) is 9.47 Å². The summed E-state index contributed by atoms with van der Waals surface area (Å²) in [5.41, 5.74) is 0. The quantitative estimate of drug-likeness (QED) is 0.743. The smallest absolute Gasteiger partial charge is 0.309 e. The average Bonchev–Trinajstić information content (AvgIpc) is 2.68. The third-order valence-electron chi connectivity index (χ3n) is 1.83. The summed E-state index contributed by atoms with van der Waals surface area (Å²) in [6.45, 7) is 3.39. The standard InChI is InChI=1S/C11H14O4S/c1-3-14-11(13)7-9(15-8(2)12)10-5-4-6-16-10/h4-6,9H,3,7H2,1-2H3/t9-/m1/s1. The lowest BCUT2D eigenvalue weighted by Crippen LogP contribution is -2.14. The molecule has 0 spiro atoms. The van der Waals surface area contributed by atoms with Crippen LogP contribution in [0.25, 0.3) is 0 Å². The van der Waals surface area contributed by atoms with Crippen molar-refractivity contribution in [1.82, 2.24) is 0 Å². The minimum atomic E-state index is -0.531. The van der Waals surface area contributed by atoms with E-state index in [1.807, 2.05) is 17.5 Å². The Morgan fingerprint density at radius 3 is 2.75 bits per heavy atom. The van der Waals surface area contributed by atoms with Gasteiger partial charge in [-0.2, -0.15) is 0 Å². The fraction of sp³-hybridized carbons (Fsp3) is 0.455. The number of hydrogen-bond acceptors (Lipinski definition) is 5. The Bertz CT molecular complexity index is 345. The SMILES string of the molecule is CCOC(=O)C[C@@H](OC(C)=O)c1cccs1. The molecule has 5 heteroatoms. The third kappa shape index (κ3) is 4.02. The maximum atomic E-state index is 11.3. The monoisotopic (exact) mass is 242 g/mol. The van der Waals surface area contributed by atoms with E-state index >= 15 is 0 Å². The van der Waals surface area contributed by atoms with Gasteiger partial charge < -0.3 is 9.47 Å². The minimum absolute atomic E-state index is 0.0634. The Kier molecular flexibility index (Phi) is 4.98. The summed E-state index contributed by atoms with van der Waals surface area (Å²) in [4.78, 5) is 23.1. The van der Waals surface area contributed by atoms with Crippen molar-refractivity contribution >= 4 is 23.3 Å². The van der Waals surface area contributed by atoms with Gasteiger partial charge in [0.15, 0.2) is 0 Å². The molecular formula is C11H14O4S. The second-order valence-electron chi connectivity index (χ2n) is 3.12. The molecule has 0 aliphatic heterocycles. The Balaban J connectivity index is 2.65. The Morgan fingerprint density at radius 2 is 2.25 bits per heavy atom. The van der Waals surface area contributed by atoms with E-state index in [0.717, 1.165) is 4.88 Å². The van der Waals surface area contributed by atoms with E-state index < -0.39 is 12.1 Å². The summed E-state index contributed by atoms with van der Waals surface area (Å²) in [7, 11) is 0. The van der Waals surface area contributed by atoms with Gasteiger partial charge in [-0.3, -0.25) is 9.59 Å². The summed E-state index contributed by atoms with van der Waals surface area (Å²) < 4.78 is 9.91. The summed E-state index contributed by atoms with van der Waals surface area (Å²) in [6.07, 6.45) is -0.468. The van der Waals surface area contributed by atoms with Crippen molar-refractivity contribution in [3.8, 4) is 0 Å². The van der Waals surface area contributed by atoms with Gasteiger partial charge in [-0.15, -0.1) is 11.3 Å². The maximum absolute atomic E-state index is 11.3. The molecule has 1 atom stereocenters. The number of carbonyl (C=O) groups is 2. The van der Waals surface area contributed by atoms with E-state index in [2.05, 4.69) is 0 Å². The molecule has 1 heterocycles. The molecule has 0 aliphatic carbocycles. The van der Waals surface area contributed by atoms with Gasteiger partial charge in [-0.05, 0) is 18.4 Å². The van der Waals surface area contributed by atoms with Crippen molar-refractivity contribution in [2.75, 3.05) is 6.61 Å². The first-order valence-corrected chi connectivity index (χ1v) is 5.87. The van der Waals surface area contributed by atoms with Gasteiger partial charge in [0, 0.05) is 11.8 Å². The third-order valence-corrected chi connectivity index (χ3v) is 2.79. The van der Waals surface area contributed by atoms with Crippen LogP contribution in [0.15, 0.2) is 17.5 Å². The zero-order valence-corrected chi connectivity index (χ0v) is 10.1. The molecule has 0 aromatic carbocycles. The van der Waals surface area contributed by atoms with Gasteiger partial charge in [-0.25, -0.2) is 0 Å². The van der Waals surface area contributed by atoms with E-state index in [9.17, 15) is 9.59 Å². The minimum Gasteiger partial charge on any atom is -0.466 e. The van der Waals surface area contributed by atoms with Gasteiger partial charge >= 0.3 is 11.9 Å². The molecule has 4 nitrogen and oxygen atoms in total. The second kappa shape index (κ2) is 6.27. The van der Waals surface area contributed by atoms with Crippen LogP contribution in [0.4, 0.5) is 0 Å². The topological polar surface area (TPSA) is 52.6 Å². The van der Waals surface area contributed by atoms with E-state index in [-0.39, 0.29) is 12.4 Å². The van der Waals surface area contributed by atoms with Crippen LogP contribution in [-0.2, 0) is 19.1 Å². The van der Waals surface area contributed by atoms with Crippen molar-refractivity contribution in [3.05, 3.63) is 22.4 Å². The Morgan fingerprint density at radius 1 is 1.50 bits per heavy atom. The van der Waals surface area contributed by atoms with Gasteiger partial charge in [-0.1, -0.05) is 6.07 Å². The molecule has 88 valence electrons. The number of thiophene rings is 1. The van der Waals surface area contributed by atoms with Crippen LogP contribution in [0, 0.1) is 0 Å². The van der Waals surface area contributed by atoms with Gasteiger partial charge in [0.2, 0.25) is 0 Å². The van der Waals surface area contributed by atoms with Crippen molar-refractivity contribution in [3.63, 3.8) is 0 Å². The number of ether oxygens (including phenoxy) is 2. The lowest BCUT2D eigenvalue weighted by molar-refractivity contribution is -0.153. The molecule has 16 heavy (non-hydrogen) atoms. The molecule has 0 amide bonds. The molecule has 0 aliphatic rings. The molecule has 0 unspecified atom stereocenters. The van der Waals surface area contributed by atoms with Crippen LogP contribution >= 0.6 is 11.3 Å². The van der Waals surface area contributed by atoms with Crippen LogP contribution in [-0.4, -0.2) is 18.5 Å². The van der Waals surface area contributed by atoms with Crippen molar-refractivity contribution in [1.29, 1.82) is 0 Å². The normalized spacial score (nSPS) is 11.9. The van der Waals surface area contributed by atoms with Gasteiger partial charge in [0.05, 0.1) is 13.0 Å². The first-order chi connectivity index (χ1) is 7.63. The molecule has 0 fully saturated rings. The molecule has 0 radical (unpaired) electrons. The molecule has 0 bridgehead atoms. The van der Waals surface area contributed by atoms with E-state index in [1.165, 1.54) is 18.3 Å². The number of rotatable bonds is 5. The highest BCUT2D eigenvalue weighted by molar-refractivity contribution is 7.10. The van der Waals surface area contributed by atoms with Crippen molar-refractivity contribution in [2.24, 2.45) is 0 Å². The second-order valence-corrected chi connectivity index (χ2v) is 4.10. The molecular weight excluding hydrogens is 228 g/mol. The molecule has 0 saturated carbocycles. The lowest BCUT2D eigenvalue weighted by atomic mass is 10.2. The molecule has 0 saturated heterocycles. The van der Waals surface area contributed by atoms with E-state index in [1.54, 1.807) is 6.92 Å². The number of hydrogen-bond donors (Lipinski definition) is 0. The predicted molar refractivity (Wildman–Crippen MR) is 60.1 cm³/mol. The number of esters is 2. The van der Waals surface area contributed by atoms with Crippen LogP contribution in [0.2, 0.25) is 0 Å². The van der Waals surface area contributed by atoms with Gasteiger partial charge in [0.1, 0.15) is 6.10 Å². The summed E-state index contributed by atoms with van der Waals surface area (Å²) in [5, 5.41) is 1.87. The molecule has 1 aromatic rings. The molecule has 1 aromatic heterocycles. The largest absolute Gasteiger partial charge is 0.466 e. The van der Waals surface area contributed by atoms with Crippen molar-refractivity contribution < 1.29 is 19.1 Å². The first-order valence-electron chi connectivity index (χ1n) is 4.99. The lowest BCUT2D eigenvalue weighted by Gasteiger charge is -2.14. The van der Waals surface area contributed by atoms with Crippen LogP contribution in [0.5, 0.6) is 0 Å². The Hall–Kier alpha value is -1.36. The predicted octanol–water partition coefficient (Wildman–Crippen LogP) is 2.31. The van der Waals surface area contributed by atoms with E-state index in [0.29, 0.717) is 6.61 Å². The van der Waals surface area contributed by atoms with Crippen LogP contribution in [0.3, 0.4) is 0 Å². The maximum Gasteiger partial charge on any atom is 0.309 e. The fourth-order valence-electron chi connectivity index (χ4n) is 1.25. The number of carbonyl (C=O) groups excluding carboxylic acids is 2. The summed E-state index contributed by atoms with van der Waals surface area (Å²) in [6, 6.07) is 3.68. The zero-order valence-electron chi connectivity index (χ0n) is 9.26. The Labute approximate surface area is 98.2 Å². The van der Waals surface area contributed by atoms with Crippen molar-refractivity contribution in [2.45, 2.75) is 26.4 Å². The summed E-state index contributed by atoms with van der Waals surface area (Å²) in [5.74, 6) is -0.759.